The van der Waals surface area contributed by atoms with E-state index in [0.29, 0.717) is 18.6 Å². The maximum Gasteiger partial charge on any atom is 0.261 e. The van der Waals surface area contributed by atoms with Crippen molar-refractivity contribution in [3.05, 3.63) is 42.0 Å². The number of allylic oxidation sites excluding steroid dienone is 2. The van der Waals surface area contributed by atoms with Gasteiger partial charge in [-0.25, -0.2) is 0 Å². The molecule has 28 heavy (non-hydrogen) atoms. The summed E-state index contributed by atoms with van der Waals surface area (Å²) in [7, 11) is 1.56. The van der Waals surface area contributed by atoms with Crippen molar-refractivity contribution in [1.82, 2.24) is 15.8 Å². The Hall–Kier alpha value is -3.16. The average molecular weight is 385 g/mol. The number of methoxy groups -OCH3 is 1. The molecule has 148 valence electrons. The highest BCUT2D eigenvalue weighted by Crippen LogP contribution is 2.36. The normalized spacial score (nSPS) is 21.9. The number of rotatable bonds is 5. The lowest BCUT2D eigenvalue weighted by molar-refractivity contribution is -0.147. The van der Waals surface area contributed by atoms with E-state index >= 15 is 0 Å². The van der Waals surface area contributed by atoms with Gasteiger partial charge in [0.1, 0.15) is 11.8 Å². The van der Waals surface area contributed by atoms with Crippen molar-refractivity contribution in [2.45, 2.75) is 32.2 Å². The molecule has 2 N–H and O–H groups in total. The molecule has 0 spiro atoms. The second-order valence-electron chi connectivity index (χ2n) is 6.94. The number of hydrazine groups is 1. The molecule has 0 bridgehead atoms. The zero-order chi connectivity index (χ0) is 20.3. The molecule has 1 saturated heterocycles. The van der Waals surface area contributed by atoms with Gasteiger partial charge in [-0.3, -0.25) is 34.9 Å². The van der Waals surface area contributed by atoms with Crippen LogP contribution < -0.4 is 15.6 Å². The topological polar surface area (TPSA) is 105 Å². The van der Waals surface area contributed by atoms with Gasteiger partial charge in [0, 0.05) is 0 Å². The lowest BCUT2D eigenvalue weighted by Crippen LogP contribution is -2.53. The summed E-state index contributed by atoms with van der Waals surface area (Å²) in [5, 5.41) is 0. The number of ether oxygens (including phenoxy) is 1. The number of carbonyl (C=O) groups is 4. The number of fused-ring (bicyclic) bond motifs is 1. The fourth-order valence-electron chi connectivity index (χ4n) is 3.53. The van der Waals surface area contributed by atoms with Crippen LogP contribution in [0.3, 0.4) is 0 Å². The van der Waals surface area contributed by atoms with Gasteiger partial charge in [0.05, 0.1) is 25.4 Å². The van der Waals surface area contributed by atoms with Crippen molar-refractivity contribution < 1.29 is 23.9 Å². The SMILES string of the molecule is COc1ccc(CC(=O)NNC(=O)[C@H](C)N2C(=O)[C@@H]3CC=CC[C@H]3C2=O)cc1. The van der Waals surface area contributed by atoms with Gasteiger partial charge >= 0.3 is 0 Å². The lowest BCUT2D eigenvalue weighted by atomic mass is 9.85. The molecular weight excluding hydrogens is 362 g/mol. The van der Waals surface area contributed by atoms with Crippen LogP contribution in [0.5, 0.6) is 5.75 Å². The predicted octanol–water partition coefficient (Wildman–Crippen LogP) is 0.725. The third-order valence-corrected chi connectivity index (χ3v) is 5.16. The van der Waals surface area contributed by atoms with Crippen LogP contribution in [0.4, 0.5) is 0 Å². The van der Waals surface area contributed by atoms with E-state index in [9.17, 15) is 19.2 Å². The smallest absolute Gasteiger partial charge is 0.261 e. The maximum atomic E-state index is 12.5. The van der Waals surface area contributed by atoms with Gasteiger partial charge < -0.3 is 4.74 Å². The van der Waals surface area contributed by atoms with Gasteiger partial charge in [0.15, 0.2) is 0 Å². The molecule has 3 rings (SSSR count). The van der Waals surface area contributed by atoms with Crippen LogP contribution in [0.1, 0.15) is 25.3 Å². The Kier molecular flexibility index (Phi) is 5.77. The van der Waals surface area contributed by atoms with Gasteiger partial charge in [-0.05, 0) is 37.5 Å². The van der Waals surface area contributed by atoms with Gasteiger partial charge in [0.25, 0.3) is 5.91 Å². The Morgan fingerprint density at radius 2 is 1.64 bits per heavy atom. The number of carbonyl (C=O) groups excluding carboxylic acids is 4. The Morgan fingerprint density at radius 3 is 2.18 bits per heavy atom. The first kappa shape index (κ1) is 19.6. The molecule has 1 aliphatic carbocycles. The minimum absolute atomic E-state index is 0.0655. The maximum absolute atomic E-state index is 12.5. The van der Waals surface area contributed by atoms with E-state index in [4.69, 9.17) is 4.74 Å². The number of nitrogens with one attached hydrogen (secondary N) is 2. The third kappa shape index (κ3) is 3.90. The summed E-state index contributed by atoms with van der Waals surface area (Å²) < 4.78 is 5.06. The van der Waals surface area contributed by atoms with Gasteiger partial charge in [-0.2, -0.15) is 0 Å². The molecular formula is C20H23N3O5. The zero-order valence-electron chi connectivity index (χ0n) is 15.8. The summed E-state index contributed by atoms with van der Waals surface area (Å²) in [6, 6.07) is 5.98. The number of amides is 4. The number of imide groups is 1. The third-order valence-electron chi connectivity index (χ3n) is 5.16. The van der Waals surface area contributed by atoms with Crippen molar-refractivity contribution in [3.63, 3.8) is 0 Å². The fraction of sp³-hybridized carbons (Fsp3) is 0.400. The number of benzene rings is 1. The first-order valence-corrected chi connectivity index (χ1v) is 9.16. The predicted molar refractivity (Wildman–Crippen MR) is 99.7 cm³/mol. The molecule has 1 aliphatic heterocycles. The van der Waals surface area contributed by atoms with E-state index in [-0.39, 0.29) is 18.2 Å². The summed E-state index contributed by atoms with van der Waals surface area (Å²) in [4.78, 5) is 50.5. The van der Waals surface area contributed by atoms with Crippen LogP contribution >= 0.6 is 0 Å². The molecule has 8 nitrogen and oxygen atoms in total. The highest BCUT2D eigenvalue weighted by Gasteiger charge is 2.50. The molecule has 3 atom stereocenters. The van der Waals surface area contributed by atoms with E-state index in [1.54, 1.807) is 31.4 Å². The van der Waals surface area contributed by atoms with Crippen LogP contribution in [-0.4, -0.2) is 41.7 Å². The Morgan fingerprint density at radius 1 is 1.07 bits per heavy atom. The molecule has 0 saturated carbocycles. The van der Waals surface area contributed by atoms with Crippen molar-refractivity contribution in [1.29, 1.82) is 0 Å². The van der Waals surface area contributed by atoms with E-state index in [2.05, 4.69) is 10.9 Å². The molecule has 0 unspecified atom stereocenters. The monoisotopic (exact) mass is 385 g/mol. The minimum Gasteiger partial charge on any atom is -0.497 e. The molecule has 1 fully saturated rings. The average Bonchev–Trinajstić information content (AvgIpc) is 2.97. The first-order valence-electron chi connectivity index (χ1n) is 9.16. The first-order chi connectivity index (χ1) is 13.4. The van der Waals surface area contributed by atoms with E-state index in [1.165, 1.54) is 6.92 Å². The Bertz CT molecular complexity index is 792. The molecule has 4 amide bonds. The highest BCUT2D eigenvalue weighted by atomic mass is 16.5. The largest absolute Gasteiger partial charge is 0.497 e. The second-order valence-corrected chi connectivity index (χ2v) is 6.94. The number of hydrogen-bond acceptors (Lipinski definition) is 5. The summed E-state index contributed by atoms with van der Waals surface area (Å²) in [6.07, 6.45) is 4.87. The highest BCUT2D eigenvalue weighted by molar-refractivity contribution is 6.08. The lowest BCUT2D eigenvalue weighted by Gasteiger charge is -2.22. The van der Waals surface area contributed by atoms with Crippen molar-refractivity contribution >= 4 is 23.6 Å². The van der Waals surface area contributed by atoms with Crippen molar-refractivity contribution in [3.8, 4) is 5.75 Å². The standard InChI is InChI=1S/C20H23N3O5/c1-12(23-19(26)15-5-3-4-6-16(15)20(23)27)18(25)22-21-17(24)11-13-7-9-14(28-2)10-8-13/h3-4,7-10,12,15-16H,5-6,11H2,1-2H3,(H,21,24)(H,22,25)/t12-,15+,16+/m0/s1. The van der Waals surface area contributed by atoms with E-state index in [1.807, 2.05) is 12.2 Å². The van der Waals surface area contributed by atoms with E-state index < -0.39 is 29.7 Å². The van der Waals surface area contributed by atoms with Crippen LogP contribution in [0.2, 0.25) is 0 Å². The summed E-state index contributed by atoms with van der Waals surface area (Å²) in [5.41, 5.74) is 5.38. The van der Waals surface area contributed by atoms with Crippen molar-refractivity contribution in [2.24, 2.45) is 11.8 Å². The second kappa shape index (κ2) is 8.24. The minimum atomic E-state index is -0.994. The zero-order valence-corrected chi connectivity index (χ0v) is 15.8. The number of likely N-dealkylation sites (tertiary alicyclic amines) is 1. The molecule has 0 aromatic heterocycles. The van der Waals surface area contributed by atoms with Crippen LogP contribution in [0, 0.1) is 11.8 Å². The Balaban J connectivity index is 1.53. The molecule has 1 aromatic rings. The van der Waals surface area contributed by atoms with Gasteiger partial charge in [-0.15, -0.1) is 0 Å². The van der Waals surface area contributed by atoms with Crippen LogP contribution in [-0.2, 0) is 25.6 Å². The van der Waals surface area contributed by atoms with E-state index in [0.717, 1.165) is 10.5 Å². The molecule has 1 aromatic carbocycles. The Labute approximate surface area is 162 Å². The summed E-state index contributed by atoms with van der Waals surface area (Å²) >= 11 is 0. The molecule has 0 radical (unpaired) electrons. The van der Waals surface area contributed by atoms with Gasteiger partial charge in [0.2, 0.25) is 17.7 Å². The van der Waals surface area contributed by atoms with Crippen LogP contribution in [0.25, 0.3) is 0 Å². The molecule has 2 aliphatic rings. The van der Waals surface area contributed by atoms with Crippen LogP contribution in [0.15, 0.2) is 36.4 Å². The molecule has 1 heterocycles. The number of nitrogens with zero attached hydrogens (tertiary/aromatic N) is 1. The van der Waals surface area contributed by atoms with Crippen molar-refractivity contribution in [2.75, 3.05) is 7.11 Å². The summed E-state index contributed by atoms with van der Waals surface area (Å²) in [5.74, 6) is -1.78. The fourth-order valence-corrected chi connectivity index (χ4v) is 3.53. The summed E-state index contributed by atoms with van der Waals surface area (Å²) in [6.45, 7) is 1.48. The number of hydrogen-bond donors (Lipinski definition) is 2. The van der Waals surface area contributed by atoms with Gasteiger partial charge in [-0.1, -0.05) is 24.3 Å². The quantitative estimate of drug-likeness (QED) is 0.442. The molecule has 8 heteroatoms.